The minimum absolute atomic E-state index is 0.154. The summed E-state index contributed by atoms with van der Waals surface area (Å²) in [5, 5.41) is 0. The van der Waals surface area contributed by atoms with Gasteiger partial charge in [-0.1, -0.05) is 12.1 Å². The molecular formula is C11H15FN2O2S. The summed E-state index contributed by atoms with van der Waals surface area (Å²) in [7, 11) is -3.80. The molecule has 0 heterocycles. The highest BCUT2D eigenvalue weighted by atomic mass is 32.2. The third-order valence-electron chi connectivity index (χ3n) is 2.86. The van der Waals surface area contributed by atoms with Crippen LogP contribution in [0.4, 0.5) is 4.39 Å². The monoisotopic (exact) mass is 258 g/mol. The molecule has 1 aromatic rings. The van der Waals surface area contributed by atoms with Gasteiger partial charge in [-0.3, -0.25) is 0 Å². The molecule has 0 aliphatic heterocycles. The van der Waals surface area contributed by atoms with E-state index in [9.17, 15) is 12.8 Å². The van der Waals surface area contributed by atoms with Crippen LogP contribution in [0, 0.1) is 11.7 Å². The number of hydrogen-bond donors (Lipinski definition) is 2. The average molecular weight is 258 g/mol. The number of hydrogen-bond acceptors (Lipinski definition) is 3. The minimum atomic E-state index is -3.80. The quantitative estimate of drug-likeness (QED) is 0.822. The van der Waals surface area contributed by atoms with Gasteiger partial charge >= 0.3 is 0 Å². The number of halogens is 1. The Kier molecular flexibility index (Phi) is 3.46. The summed E-state index contributed by atoms with van der Waals surface area (Å²) in [5.41, 5.74) is 5.78. The van der Waals surface area contributed by atoms with Gasteiger partial charge in [0.2, 0.25) is 10.0 Å². The molecule has 3 N–H and O–H groups in total. The van der Waals surface area contributed by atoms with Crippen molar-refractivity contribution in [2.24, 2.45) is 11.7 Å². The van der Waals surface area contributed by atoms with E-state index in [1.807, 2.05) is 0 Å². The topological polar surface area (TPSA) is 72.2 Å². The van der Waals surface area contributed by atoms with Crippen LogP contribution >= 0.6 is 0 Å². The summed E-state index contributed by atoms with van der Waals surface area (Å²) in [5.74, 6) is -0.349. The van der Waals surface area contributed by atoms with Gasteiger partial charge in [-0.2, -0.15) is 0 Å². The first-order valence-corrected chi connectivity index (χ1v) is 6.99. The Morgan fingerprint density at radius 1 is 1.41 bits per heavy atom. The molecule has 0 radical (unpaired) electrons. The zero-order valence-electron chi connectivity index (χ0n) is 9.27. The molecule has 1 saturated carbocycles. The molecule has 94 valence electrons. The van der Waals surface area contributed by atoms with E-state index in [0.29, 0.717) is 5.92 Å². The second-order valence-corrected chi connectivity index (χ2v) is 6.02. The van der Waals surface area contributed by atoms with Crippen LogP contribution < -0.4 is 10.5 Å². The highest BCUT2D eigenvalue weighted by molar-refractivity contribution is 7.89. The van der Waals surface area contributed by atoms with Gasteiger partial charge in [0, 0.05) is 12.6 Å². The van der Waals surface area contributed by atoms with Gasteiger partial charge in [0.1, 0.15) is 10.7 Å². The fourth-order valence-electron chi connectivity index (χ4n) is 1.64. The molecule has 1 aliphatic carbocycles. The number of sulfonamides is 1. The second kappa shape index (κ2) is 4.72. The Balaban J connectivity index is 2.05. The van der Waals surface area contributed by atoms with Crippen molar-refractivity contribution in [2.45, 2.75) is 23.8 Å². The van der Waals surface area contributed by atoms with Gasteiger partial charge in [-0.25, -0.2) is 17.5 Å². The predicted molar refractivity (Wildman–Crippen MR) is 62.3 cm³/mol. The van der Waals surface area contributed by atoms with Crippen LogP contribution in [0.3, 0.4) is 0 Å². The highest BCUT2D eigenvalue weighted by Crippen LogP contribution is 2.31. The number of rotatable bonds is 5. The molecule has 1 atom stereocenters. The van der Waals surface area contributed by atoms with Crippen molar-refractivity contribution in [3.05, 3.63) is 30.1 Å². The zero-order valence-corrected chi connectivity index (χ0v) is 10.1. The summed E-state index contributed by atoms with van der Waals surface area (Å²) < 4.78 is 39.3. The summed E-state index contributed by atoms with van der Waals surface area (Å²) in [4.78, 5) is -0.331. The van der Waals surface area contributed by atoms with Gasteiger partial charge in [-0.15, -0.1) is 0 Å². The normalized spacial score (nSPS) is 18.0. The van der Waals surface area contributed by atoms with Crippen LogP contribution in [0.25, 0.3) is 0 Å². The molecule has 0 bridgehead atoms. The Labute approximate surface area is 100 Å². The molecule has 1 unspecified atom stereocenters. The molecule has 1 aromatic carbocycles. The molecule has 1 aliphatic rings. The van der Waals surface area contributed by atoms with Gasteiger partial charge in [-0.05, 0) is 30.9 Å². The number of nitrogens with two attached hydrogens (primary N) is 1. The van der Waals surface area contributed by atoms with Crippen molar-refractivity contribution in [2.75, 3.05) is 6.54 Å². The lowest BCUT2D eigenvalue weighted by atomic mass is 10.2. The van der Waals surface area contributed by atoms with Crippen molar-refractivity contribution >= 4 is 10.0 Å². The van der Waals surface area contributed by atoms with Crippen LogP contribution in [0.2, 0.25) is 0 Å². The van der Waals surface area contributed by atoms with Crippen LogP contribution in [0.15, 0.2) is 29.2 Å². The zero-order chi connectivity index (χ0) is 12.5. The second-order valence-electron chi connectivity index (χ2n) is 4.28. The number of nitrogens with one attached hydrogen (secondary N) is 1. The average Bonchev–Trinajstić information content (AvgIpc) is 3.10. The van der Waals surface area contributed by atoms with Crippen LogP contribution in [0.1, 0.15) is 12.8 Å². The van der Waals surface area contributed by atoms with E-state index >= 15 is 0 Å². The molecular weight excluding hydrogens is 243 g/mol. The van der Waals surface area contributed by atoms with E-state index in [0.717, 1.165) is 18.9 Å². The minimum Gasteiger partial charge on any atom is -0.326 e. The van der Waals surface area contributed by atoms with Crippen molar-refractivity contribution in [3.8, 4) is 0 Å². The molecule has 0 aromatic heterocycles. The fourth-order valence-corrected chi connectivity index (χ4v) is 2.79. The lowest BCUT2D eigenvalue weighted by molar-refractivity contribution is 0.536. The molecule has 6 heteroatoms. The maximum Gasteiger partial charge on any atom is 0.243 e. The predicted octanol–water partition coefficient (Wildman–Crippen LogP) is 0.841. The first kappa shape index (κ1) is 12.5. The maximum absolute atomic E-state index is 13.3. The van der Waals surface area contributed by atoms with Gasteiger partial charge in [0.25, 0.3) is 0 Å². The third kappa shape index (κ3) is 3.02. The first-order valence-electron chi connectivity index (χ1n) is 5.50. The summed E-state index contributed by atoms with van der Waals surface area (Å²) >= 11 is 0. The molecule has 0 spiro atoms. The van der Waals surface area contributed by atoms with Crippen molar-refractivity contribution < 1.29 is 12.8 Å². The number of benzene rings is 1. The summed E-state index contributed by atoms with van der Waals surface area (Å²) in [6.07, 6.45) is 2.09. The van der Waals surface area contributed by atoms with Crippen LogP contribution in [-0.2, 0) is 10.0 Å². The largest absolute Gasteiger partial charge is 0.326 e. The summed E-state index contributed by atoms with van der Waals surface area (Å²) in [6, 6.07) is 5.11. The molecule has 17 heavy (non-hydrogen) atoms. The lowest BCUT2D eigenvalue weighted by Crippen LogP contribution is -2.38. The molecule has 1 fully saturated rings. The Morgan fingerprint density at radius 3 is 2.65 bits per heavy atom. The van der Waals surface area contributed by atoms with Crippen LogP contribution in [-0.4, -0.2) is 21.0 Å². The van der Waals surface area contributed by atoms with Gasteiger partial charge in [0.05, 0.1) is 0 Å². The van der Waals surface area contributed by atoms with E-state index in [4.69, 9.17) is 5.73 Å². The van der Waals surface area contributed by atoms with E-state index < -0.39 is 15.8 Å². The van der Waals surface area contributed by atoms with Crippen molar-refractivity contribution in [1.82, 2.24) is 4.72 Å². The van der Waals surface area contributed by atoms with E-state index in [1.165, 1.54) is 18.2 Å². The van der Waals surface area contributed by atoms with E-state index in [1.54, 1.807) is 0 Å². The Bertz CT molecular complexity index is 500. The van der Waals surface area contributed by atoms with E-state index in [-0.39, 0.29) is 17.5 Å². The smallest absolute Gasteiger partial charge is 0.243 e. The van der Waals surface area contributed by atoms with Crippen molar-refractivity contribution in [3.63, 3.8) is 0 Å². The van der Waals surface area contributed by atoms with Crippen LogP contribution in [0.5, 0.6) is 0 Å². The summed E-state index contributed by atoms with van der Waals surface area (Å²) in [6.45, 7) is 0.154. The molecule has 0 saturated heterocycles. The first-order chi connectivity index (χ1) is 8.00. The molecule has 4 nitrogen and oxygen atoms in total. The molecule has 0 amide bonds. The maximum atomic E-state index is 13.3. The van der Waals surface area contributed by atoms with Gasteiger partial charge in [0.15, 0.2) is 0 Å². The Hall–Kier alpha value is -0.980. The van der Waals surface area contributed by atoms with Gasteiger partial charge < -0.3 is 5.73 Å². The standard InChI is InChI=1S/C11H15FN2O2S/c12-9-3-1-2-4-11(9)17(15,16)14-7-10(13)8-5-6-8/h1-4,8,10,14H,5-7,13H2. The highest BCUT2D eigenvalue weighted by Gasteiger charge is 2.29. The third-order valence-corrected chi connectivity index (χ3v) is 4.32. The Morgan fingerprint density at radius 2 is 2.06 bits per heavy atom. The van der Waals surface area contributed by atoms with E-state index in [2.05, 4.69) is 4.72 Å². The molecule has 2 rings (SSSR count). The fraction of sp³-hybridized carbons (Fsp3) is 0.455. The van der Waals surface area contributed by atoms with Crippen molar-refractivity contribution in [1.29, 1.82) is 0 Å². The SMILES string of the molecule is NC(CNS(=O)(=O)c1ccccc1F)C1CC1. The lowest BCUT2D eigenvalue weighted by Gasteiger charge is -2.12.